The minimum absolute atomic E-state index is 0.0390. The summed E-state index contributed by atoms with van der Waals surface area (Å²) in [6, 6.07) is 8.94. The van der Waals surface area contributed by atoms with E-state index in [0.29, 0.717) is 0 Å². The van der Waals surface area contributed by atoms with E-state index >= 15 is 0 Å². The van der Waals surface area contributed by atoms with Crippen molar-refractivity contribution in [1.29, 1.82) is 0 Å². The maximum atomic E-state index is 13.9. The Morgan fingerprint density at radius 1 is 1.29 bits per heavy atom. The number of hydrogen-bond donors (Lipinski definition) is 1. The molecule has 6 heteroatoms. The van der Waals surface area contributed by atoms with Crippen LogP contribution in [0.4, 0.5) is 10.1 Å². The lowest BCUT2D eigenvalue weighted by Gasteiger charge is -2.13. The number of nitrogens with two attached hydrogens (primary N) is 1. The van der Waals surface area contributed by atoms with Crippen molar-refractivity contribution in [2.24, 2.45) is 0 Å². The maximum absolute atomic E-state index is 13.9. The number of esters is 1. The van der Waals surface area contributed by atoms with E-state index in [-0.39, 0.29) is 34.4 Å². The van der Waals surface area contributed by atoms with E-state index in [0.717, 1.165) is 0 Å². The fourth-order valence-electron chi connectivity index (χ4n) is 1.71. The monoisotopic (exact) mass is 309 g/mol. The second-order valence-corrected chi connectivity index (χ2v) is 4.51. The minimum atomic E-state index is -0.725. The molecule has 0 bridgehead atoms. The van der Waals surface area contributed by atoms with Crippen LogP contribution in [0.1, 0.15) is 17.3 Å². The van der Waals surface area contributed by atoms with Gasteiger partial charge in [0.1, 0.15) is 5.56 Å². The quantitative estimate of drug-likeness (QED) is 0.684. The van der Waals surface area contributed by atoms with Crippen molar-refractivity contribution in [3.8, 4) is 11.5 Å². The van der Waals surface area contributed by atoms with E-state index in [4.69, 9.17) is 26.8 Å². The van der Waals surface area contributed by atoms with Gasteiger partial charge in [-0.3, -0.25) is 0 Å². The van der Waals surface area contributed by atoms with Crippen LogP contribution in [-0.2, 0) is 4.74 Å². The van der Waals surface area contributed by atoms with E-state index in [2.05, 4.69) is 0 Å². The summed E-state index contributed by atoms with van der Waals surface area (Å²) in [6.07, 6.45) is 0. The van der Waals surface area contributed by atoms with Crippen molar-refractivity contribution in [2.45, 2.75) is 6.92 Å². The zero-order chi connectivity index (χ0) is 15.4. The Hall–Kier alpha value is -2.27. The molecule has 0 aliphatic heterocycles. The first kappa shape index (κ1) is 15.1. The maximum Gasteiger partial charge on any atom is 0.342 e. The molecule has 110 valence electrons. The molecule has 0 saturated carbocycles. The average molecular weight is 310 g/mol. The van der Waals surface area contributed by atoms with Gasteiger partial charge in [-0.25, -0.2) is 9.18 Å². The summed E-state index contributed by atoms with van der Waals surface area (Å²) in [5.74, 6) is -1.40. The molecule has 4 nitrogen and oxygen atoms in total. The largest absolute Gasteiger partial charge is 0.462 e. The normalized spacial score (nSPS) is 10.2. The van der Waals surface area contributed by atoms with Gasteiger partial charge in [0.25, 0.3) is 0 Å². The molecule has 2 aromatic rings. The molecule has 2 N–H and O–H groups in total. The first-order valence-corrected chi connectivity index (χ1v) is 6.59. The fraction of sp³-hybridized carbons (Fsp3) is 0.133. The molecule has 2 rings (SSSR count). The summed E-state index contributed by atoms with van der Waals surface area (Å²) >= 11 is 5.69. The van der Waals surface area contributed by atoms with Gasteiger partial charge in [0.05, 0.1) is 17.3 Å². The van der Waals surface area contributed by atoms with Crippen molar-refractivity contribution in [1.82, 2.24) is 0 Å². The molecule has 0 spiro atoms. The van der Waals surface area contributed by atoms with Gasteiger partial charge in [-0.15, -0.1) is 0 Å². The van der Waals surface area contributed by atoms with Gasteiger partial charge in [-0.1, -0.05) is 23.7 Å². The fourth-order valence-corrected chi connectivity index (χ4v) is 1.88. The number of anilines is 1. The van der Waals surface area contributed by atoms with Gasteiger partial charge in [-0.05, 0) is 31.2 Å². The Morgan fingerprint density at radius 2 is 2.00 bits per heavy atom. The van der Waals surface area contributed by atoms with Gasteiger partial charge in [0.2, 0.25) is 0 Å². The summed E-state index contributed by atoms with van der Waals surface area (Å²) in [7, 11) is 0. The SMILES string of the molecule is CCOC(=O)c1cccc(N)c1Oc1cccc(Cl)c1F. The van der Waals surface area contributed by atoms with Crippen LogP contribution < -0.4 is 10.5 Å². The molecule has 2 aromatic carbocycles. The topological polar surface area (TPSA) is 61.5 Å². The van der Waals surface area contributed by atoms with Crippen LogP contribution in [0.25, 0.3) is 0 Å². The number of para-hydroxylation sites is 1. The highest BCUT2D eigenvalue weighted by Gasteiger charge is 2.18. The zero-order valence-corrected chi connectivity index (χ0v) is 12.0. The smallest absolute Gasteiger partial charge is 0.342 e. The van der Waals surface area contributed by atoms with Gasteiger partial charge >= 0.3 is 5.97 Å². The van der Waals surface area contributed by atoms with Crippen LogP contribution in [0.3, 0.4) is 0 Å². The zero-order valence-electron chi connectivity index (χ0n) is 11.2. The lowest BCUT2D eigenvalue weighted by atomic mass is 10.1. The van der Waals surface area contributed by atoms with Crippen LogP contribution in [0.2, 0.25) is 5.02 Å². The molecular formula is C15H13ClFNO3. The Kier molecular flexibility index (Phi) is 4.65. The van der Waals surface area contributed by atoms with Gasteiger partial charge < -0.3 is 15.2 Å². The number of carbonyl (C=O) groups is 1. The number of hydrogen-bond acceptors (Lipinski definition) is 4. The number of carbonyl (C=O) groups excluding carboxylic acids is 1. The Balaban J connectivity index is 2.44. The summed E-state index contributed by atoms with van der Waals surface area (Å²) in [5.41, 5.74) is 6.12. The highest BCUT2D eigenvalue weighted by molar-refractivity contribution is 6.30. The molecule has 0 atom stereocenters. The first-order chi connectivity index (χ1) is 10.0. The minimum Gasteiger partial charge on any atom is -0.462 e. The highest BCUT2D eigenvalue weighted by Crippen LogP contribution is 2.34. The van der Waals surface area contributed by atoms with Crippen molar-refractivity contribution >= 4 is 23.3 Å². The lowest BCUT2D eigenvalue weighted by Crippen LogP contribution is -2.08. The van der Waals surface area contributed by atoms with E-state index in [9.17, 15) is 9.18 Å². The van der Waals surface area contributed by atoms with Gasteiger partial charge in [0, 0.05) is 0 Å². The molecule has 0 fully saturated rings. The summed E-state index contributed by atoms with van der Waals surface area (Å²) in [5, 5.41) is -0.0836. The molecule has 0 aromatic heterocycles. The molecule has 0 aliphatic carbocycles. The van der Waals surface area contributed by atoms with Crippen molar-refractivity contribution < 1.29 is 18.7 Å². The highest BCUT2D eigenvalue weighted by atomic mass is 35.5. The summed E-state index contributed by atoms with van der Waals surface area (Å²) in [4.78, 5) is 11.9. The van der Waals surface area contributed by atoms with Crippen LogP contribution in [-0.4, -0.2) is 12.6 Å². The summed E-state index contributed by atoms with van der Waals surface area (Å²) < 4.78 is 24.2. The molecule has 0 aliphatic rings. The van der Waals surface area contributed by atoms with Crippen LogP contribution in [0.15, 0.2) is 36.4 Å². The van der Waals surface area contributed by atoms with Crippen LogP contribution in [0, 0.1) is 5.82 Å². The second kappa shape index (κ2) is 6.45. The lowest BCUT2D eigenvalue weighted by molar-refractivity contribution is 0.0523. The van der Waals surface area contributed by atoms with Crippen LogP contribution >= 0.6 is 11.6 Å². The molecule has 0 heterocycles. The number of ether oxygens (including phenoxy) is 2. The second-order valence-electron chi connectivity index (χ2n) is 4.10. The molecule has 0 amide bonds. The van der Waals surface area contributed by atoms with Crippen molar-refractivity contribution in [3.63, 3.8) is 0 Å². The molecule has 0 unspecified atom stereocenters. The van der Waals surface area contributed by atoms with E-state index < -0.39 is 11.8 Å². The Labute approximate surface area is 126 Å². The van der Waals surface area contributed by atoms with Gasteiger partial charge in [-0.2, -0.15) is 0 Å². The standard InChI is InChI=1S/C15H13ClFNO3/c1-2-20-15(19)9-5-3-7-11(18)14(9)21-12-8-4-6-10(16)13(12)17/h3-8H,2,18H2,1H3. The van der Waals surface area contributed by atoms with Gasteiger partial charge in [0.15, 0.2) is 17.3 Å². The third-order valence-electron chi connectivity index (χ3n) is 2.67. The number of nitrogen functional groups attached to an aromatic ring is 1. The summed E-state index contributed by atoms with van der Waals surface area (Å²) in [6.45, 7) is 1.89. The van der Waals surface area contributed by atoms with Crippen LogP contribution in [0.5, 0.6) is 11.5 Å². The molecule has 0 radical (unpaired) electrons. The molecular weight excluding hydrogens is 297 g/mol. The van der Waals surface area contributed by atoms with Crippen molar-refractivity contribution in [2.75, 3.05) is 12.3 Å². The Bertz CT molecular complexity index is 676. The predicted molar refractivity (Wildman–Crippen MR) is 78.3 cm³/mol. The number of benzene rings is 2. The number of halogens is 2. The number of rotatable bonds is 4. The molecule has 0 saturated heterocycles. The van der Waals surface area contributed by atoms with E-state index in [1.807, 2.05) is 0 Å². The molecule has 21 heavy (non-hydrogen) atoms. The third kappa shape index (κ3) is 3.25. The van der Waals surface area contributed by atoms with E-state index in [1.165, 1.54) is 24.3 Å². The first-order valence-electron chi connectivity index (χ1n) is 6.22. The third-order valence-corrected chi connectivity index (χ3v) is 2.96. The Morgan fingerprint density at radius 3 is 2.71 bits per heavy atom. The predicted octanol–water partition coefficient (Wildman–Crippen LogP) is 4.03. The average Bonchev–Trinajstić information content (AvgIpc) is 2.46. The van der Waals surface area contributed by atoms with Crippen molar-refractivity contribution in [3.05, 3.63) is 52.8 Å². The van der Waals surface area contributed by atoms with E-state index in [1.54, 1.807) is 19.1 Å².